The highest BCUT2D eigenvalue weighted by Gasteiger charge is 2.06. The molecule has 0 aliphatic carbocycles. The number of anilines is 1. The highest BCUT2D eigenvalue weighted by atomic mass is 79.9. The molecule has 0 spiro atoms. The van der Waals surface area contributed by atoms with Gasteiger partial charge in [-0.1, -0.05) is 22.0 Å². The molecule has 0 fully saturated rings. The highest BCUT2D eigenvalue weighted by Crippen LogP contribution is 2.21. The van der Waals surface area contributed by atoms with Crippen molar-refractivity contribution in [3.8, 4) is 5.75 Å². The van der Waals surface area contributed by atoms with Crippen LogP contribution >= 0.6 is 15.9 Å². The molecule has 0 radical (unpaired) electrons. The van der Waals surface area contributed by atoms with Crippen molar-refractivity contribution in [1.29, 1.82) is 0 Å². The third-order valence-corrected chi connectivity index (χ3v) is 3.29. The Morgan fingerprint density at radius 1 is 1.29 bits per heavy atom. The van der Waals surface area contributed by atoms with E-state index in [9.17, 15) is 14.0 Å². The maximum atomic E-state index is 13.0. The molecule has 0 bridgehead atoms. The average molecular weight is 352 g/mol. The lowest BCUT2D eigenvalue weighted by Crippen LogP contribution is -2.20. The van der Waals surface area contributed by atoms with E-state index in [4.69, 9.17) is 4.74 Å². The zero-order chi connectivity index (χ0) is 15.2. The standard InChI is InChI=1S/C15H11BrFNO3/c16-14-5-4-13(6-10(14)8-19)21-9-15(20)18-12-3-1-2-11(17)7-12/h1-8H,9H2,(H,18,20). The average Bonchev–Trinajstić information content (AvgIpc) is 2.46. The number of rotatable bonds is 5. The van der Waals surface area contributed by atoms with Crippen molar-refractivity contribution in [2.45, 2.75) is 0 Å². The maximum Gasteiger partial charge on any atom is 0.262 e. The molecule has 0 saturated carbocycles. The fraction of sp³-hybridized carbons (Fsp3) is 0.0667. The molecule has 2 rings (SSSR count). The summed E-state index contributed by atoms with van der Waals surface area (Å²) in [5.74, 6) is -0.455. The van der Waals surface area contributed by atoms with Gasteiger partial charge in [0.25, 0.3) is 5.91 Å². The number of amides is 1. The van der Waals surface area contributed by atoms with Crippen molar-refractivity contribution < 1.29 is 18.7 Å². The predicted octanol–water partition coefficient (Wildman–Crippen LogP) is 3.42. The summed E-state index contributed by atoms with van der Waals surface area (Å²) in [5, 5.41) is 2.51. The summed E-state index contributed by atoms with van der Waals surface area (Å²) in [5.41, 5.74) is 0.783. The summed E-state index contributed by atoms with van der Waals surface area (Å²) in [4.78, 5) is 22.5. The molecule has 0 atom stereocenters. The number of carbonyl (C=O) groups is 2. The van der Waals surface area contributed by atoms with Crippen molar-refractivity contribution in [3.63, 3.8) is 0 Å². The first-order chi connectivity index (χ1) is 10.1. The summed E-state index contributed by atoms with van der Waals surface area (Å²) in [6.07, 6.45) is 0.684. The van der Waals surface area contributed by atoms with Crippen LogP contribution in [0.5, 0.6) is 5.75 Å². The van der Waals surface area contributed by atoms with Gasteiger partial charge in [-0.3, -0.25) is 9.59 Å². The molecule has 2 aromatic rings. The van der Waals surface area contributed by atoms with Crippen LogP contribution in [0, 0.1) is 5.82 Å². The summed E-state index contributed by atoms with van der Waals surface area (Å²) in [6, 6.07) is 10.4. The Morgan fingerprint density at radius 3 is 2.81 bits per heavy atom. The number of halogens is 2. The molecular formula is C15H11BrFNO3. The van der Waals surface area contributed by atoms with E-state index >= 15 is 0 Å². The number of carbonyl (C=O) groups excluding carboxylic acids is 2. The van der Waals surface area contributed by atoms with E-state index in [2.05, 4.69) is 21.2 Å². The van der Waals surface area contributed by atoms with Crippen molar-refractivity contribution >= 4 is 33.8 Å². The molecule has 0 aliphatic heterocycles. The van der Waals surface area contributed by atoms with E-state index < -0.39 is 11.7 Å². The fourth-order valence-electron chi connectivity index (χ4n) is 1.61. The van der Waals surface area contributed by atoms with E-state index in [-0.39, 0.29) is 6.61 Å². The van der Waals surface area contributed by atoms with E-state index in [1.54, 1.807) is 18.2 Å². The lowest BCUT2D eigenvalue weighted by Gasteiger charge is -2.08. The van der Waals surface area contributed by atoms with Crippen LogP contribution in [0.2, 0.25) is 0 Å². The van der Waals surface area contributed by atoms with Crippen LogP contribution in [0.4, 0.5) is 10.1 Å². The molecule has 1 amide bonds. The number of hydrogen-bond donors (Lipinski definition) is 1. The molecule has 21 heavy (non-hydrogen) atoms. The molecule has 1 N–H and O–H groups in total. The van der Waals surface area contributed by atoms with E-state index in [0.717, 1.165) is 0 Å². The number of nitrogens with one attached hydrogen (secondary N) is 1. The molecular weight excluding hydrogens is 341 g/mol. The van der Waals surface area contributed by atoms with Crippen LogP contribution in [-0.2, 0) is 4.79 Å². The van der Waals surface area contributed by atoms with Gasteiger partial charge in [-0.2, -0.15) is 0 Å². The zero-order valence-electron chi connectivity index (χ0n) is 10.8. The van der Waals surface area contributed by atoms with Gasteiger partial charge in [-0.25, -0.2) is 4.39 Å². The minimum absolute atomic E-state index is 0.240. The van der Waals surface area contributed by atoms with Gasteiger partial charge < -0.3 is 10.1 Å². The number of hydrogen-bond acceptors (Lipinski definition) is 3. The van der Waals surface area contributed by atoms with Gasteiger partial charge in [-0.05, 0) is 36.4 Å². The second-order valence-electron chi connectivity index (χ2n) is 4.15. The summed E-state index contributed by atoms with van der Waals surface area (Å²) < 4.78 is 18.9. The van der Waals surface area contributed by atoms with Crippen LogP contribution in [0.25, 0.3) is 0 Å². The number of ether oxygens (including phenoxy) is 1. The van der Waals surface area contributed by atoms with Crippen molar-refractivity contribution in [3.05, 3.63) is 58.3 Å². The first-order valence-corrected chi connectivity index (χ1v) is 6.81. The summed E-state index contributed by atoms with van der Waals surface area (Å²) in [7, 11) is 0. The zero-order valence-corrected chi connectivity index (χ0v) is 12.4. The third-order valence-electron chi connectivity index (χ3n) is 2.57. The topological polar surface area (TPSA) is 55.4 Å². The van der Waals surface area contributed by atoms with Crippen molar-refractivity contribution in [2.24, 2.45) is 0 Å². The molecule has 0 saturated heterocycles. The second-order valence-corrected chi connectivity index (χ2v) is 5.00. The Morgan fingerprint density at radius 2 is 2.10 bits per heavy atom. The van der Waals surface area contributed by atoms with Gasteiger partial charge in [0.2, 0.25) is 0 Å². The smallest absolute Gasteiger partial charge is 0.262 e. The second kappa shape index (κ2) is 6.99. The molecule has 0 heterocycles. The summed E-state index contributed by atoms with van der Waals surface area (Å²) >= 11 is 3.22. The molecule has 2 aromatic carbocycles. The van der Waals surface area contributed by atoms with Crippen LogP contribution in [-0.4, -0.2) is 18.8 Å². The van der Waals surface area contributed by atoms with Crippen LogP contribution in [0.3, 0.4) is 0 Å². The normalized spacial score (nSPS) is 10.0. The quantitative estimate of drug-likeness (QED) is 0.839. The minimum atomic E-state index is -0.433. The van der Waals surface area contributed by atoms with Gasteiger partial charge >= 0.3 is 0 Å². The largest absolute Gasteiger partial charge is 0.484 e. The van der Waals surface area contributed by atoms with Gasteiger partial charge in [0.05, 0.1) is 0 Å². The van der Waals surface area contributed by atoms with E-state index in [1.165, 1.54) is 24.3 Å². The Kier molecular flexibility index (Phi) is 5.05. The molecule has 0 unspecified atom stereocenters. The van der Waals surface area contributed by atoms with E-state index in [1.807, 2.05) is 0 Å². The Bertz CT molecular complexity index is 676. The lowest BCUT2D eigenvalue weighted by molar-refractivity contribution is -0.118. The van der Waals surface area contributed by atoms with Gasteiger partial charge in [0, 0.05) is 15.7 Å². The van der Waals surface area contributed by atoms with Gasteiger partial charge in [0.15, 0.2) is 12.9 Å². The van der Waals surface area contributed by atoms with Crippen molar-refractivity contribution in [1.82, 2.24) is 0 Å². The monoisotopic (exact) mass is 351 g/mol. The van der Waals surface area contributed by atoms with Crippen LogP contribution < -0.4 is 10.1 Å². The van der Waals surface area contributed by atoms with Crippen LogP contribution in [0.15, 0.2) is 46.9 Å². The molecule has 6 heteroatoms. The Labute approximate surface area is 129 Å². The maximum absolute atomic E-state index is 13.0. The minimum Gasteiger partial charge on any atom is -0.484 e. The fourth-order valence-corrected chi connectivity index (χ4v) is 1.95. The molecule has 108 valence electrons. The molecule has 0 aliphatic rings. The Hall–Kier alpha value is -2.21. The van der Waals surface area contributed by atoms with E-state index in [0.29, 0.717) is 27.8 Å². The number of benzene rings is 2. The van der Waals surface area contributed by atoms with Gasteiger partial charge in [-0.15, -0.1) is 0 Å². The molecule has 4 nitrogen and oxygen atoms in total. The predicted molar refractivity (Wildman–Crippen MR) is 80.1 cm³/mol. The lowest BCUT2D eigenvalue weighted by atomic mass is 10.2. The first kappa shape index (κ1) is 15.2. The highest BCUT2D eigenvalue weighted by molar-refractivity contribution is 9.10. The van der Waals surface area contributed by atoms with Crippen LogP contribution in [0.1, 0.15) is 10.4 Å². The summed E-state index contributed by atoms with van der Waals surface area (Å²) in [6.45, 7) is -0.240. The van der Waals surface area contributed by atoms with Gasteiger partial charge in [0.1, 0.15) is 11.6 Å². The number of aldehydes is 1. The Balaban J connectivity index is 1.93. The molecule has 0 aromatic heterocycles. The first-order valence-electron chi connectivity index (χ1n) is 6.01. The SMILES string of the molecule is O=Cc1cc(OCC(=O)Nc2cccc(F)c2)ccc1Br. The van der Waals surface area contributed by atoms with Crippen molar-refractivity contribution in [2.75, 3.05) is 11.9 Å². The third kappa shape index (κ3) is 4.39.